The molecule has 5 nitrogen and oxygen atoms in total. The minimum atomic E-state index is 0.627. The van der Waals surface area contributed by atoms with Gasteiger partial charge in [-0.1, -0.05) is 103 Å². The van der Waals surface area contributed by atoms with Crippen molar-refractivity contribution in [3.05, 3.63) is 152 Å². The molecule has 0 bridgehead atoms. The van der Waals surface area contributed by atoms with Crippen molar-refractivity contribution in [3.63, 3.8) is 0 Å². The first-order valence-electron chi connectivity index (χ1n) is 15.9. The fourth-order valence-corrected chi connectivity index (χ4v) is 6.87. The number of aromatic nitrogens is 3. The summed E-state index contributed by atoms with van der Waals surface area (Å²) in [7, 11) is 0. The lowest BCUT2D eigenvalue weighted by molar-refractivity contribution is 0.669. The molecule has 10 aromatic rings. The Balaban J connectivity index is 1.25. The van der Waals surface area contributed by atoms with Gasteiger partial charge in [-0.15, -0.1) is 0 Å². The van der Waals surface area contributed by atoms with Crippen molar-refractivity contribution in [3.8, 4) is 45.2 Å². The summed E-state index contributed by atoms with van der Waals surface area (Å²) < 4.78 is 12.8. The van der Waals surface area contributed by atoms with E-state index in [1.54, 1.807) is 0 Å². The third-order valence-electron chi connectivity index (χ3n) is 9.09. The van der Waals surface area contributed by atoms with Crippen molar-refractivity contribution in [2.45, 2.75) is 0 Å². The van der Waals surface area contributed by atoms with E-state index >= 15 is 0 Å². The molecule has 48 heavy (non-hydrogen) atoms. The maximum absolute atomic E-state index is 6.59. The number of hydrogen-bond donors (Lipinski definition) is 0. The van der Waals surface area contributed by atoms with Crippen LogP contribution in [0.15, 0.2) is 160 Å². The van der Waals surface area contributed by atoms with Gasteiger partial charge in [-0.25, -0.2) is 15.0 Å². The van der Waals surface area contributed by atoms with Crippen LogP contribution in [0.3, 0.4) is 0 Å². The van der Waals surface area contributed by atoms with Gasteiger partial charge in [0.1, 0.15) is 22.3 Å². The molecule has 4 aromatic heterocycles. The first-order chi connectivity index (χ1) is 23.8. The summed E-state index contributed by atoms with van der Waals surface area (Å²) in [4.78, 5) is 15.5. The molecule has 0 atom stereocenters. The van der Waals surface area contributed by atoms with Gasteiger partial charge in [-0.2, -0.15) is 0 Å². The van der Waals surface area contributed by atoms with Crippen LogP contribution in [0.5, 0.6) is 0 Å². The summed E-state index contributed by atoms with van der Waals surface area (Å²) in [6.45, 7) is 0. The summed E-state index contributed by atoms with van der Waals surface area (Å²) in [5, 5.41) is 5.03. The SMILES string of the molecule is c1ccc(-c2cc(-c3cccc4oc5ccccc5c34)nc(-c3ccc4oc5c6ccccc6nc(-c6ccccc6)c5c4c3)n2)cc1. The van der Waals surface area contributed by atoms with Gasteiger partial charge in [0.05, 0.1) is 28.0 Å². The number of rotatable bonds is 4. The highest BCUT2D eigenvalue weighted by Gasteiger charge is 2.20. The lowest BCUT2D eigenvalue weighted by Crippen LogP contribution is -1.96. The molecule has 0 aliphatic rings. The van der Waals surface area contributed by atoms with Crippen molar-refractivity contribution in [2.75, 3.05) is 0 Å². The number of furan rings is 2. The first kappa shape index (κ1) is 26.6. The van der Waals surface area contributed by atoms with E-state index in [9.17, 15) is 0 Å². The second-order valence-corrected chi connectivity index (χ2v) is 12.0. The predicted octanol–water partition coefficient (Wildman–Crippen LogP) is 11.5. The fourth-order valence-electron chi connectivity index (χ4n) is 6.87. The average molecular weight is 616 g/mol. The van der Waals surface area contributed by atoms with E-state index in [0.717, 1.165) is 94.1 Å². The standard InChI is InChI=1S/C43H25N3O2/c1-3-12-26(13-4-1)34-25-35(29-18-11-21-38-39(29)31-17-8-10-20-36(31)47-38)46-43(45-34)28-22-23-37-32(24-28)40-41(27-14-5-2-6-15-27)44-33-19-9-7-16-30(33)42(40)48-37/h1-25H. The van der Waals surface area contributed by atoms with E-state index in [4.69, 9.17) is 23.8 Å². The topological polar surface area (TPSA) is 65.0 Å². The highest BCUT2D eigenvalue weighted by molar-refractivity contribution is 6.19. The minimum Gasteiger partial charge on any atom is -0.456 e. The third-order valence-corrected chi connectivity index (χ3v) is 9.09. The molecule has 0 saturated heterocycles. The van der Waals surface area contributed by atoms with Crippen LogP contribution in [0, 0.1) is 0 Å². The molecule has 4 heterocycles. The summed E-state index contributed by atoms with van der Waals surface area (Å²) in [5.41, 5.74) is 10.7. The van der Waals surface area contributed by atoms with Gasteiger partial charge in [-0.3, -0.25) is 0 Å². The van der Waals surface area contributed by atoms with Crippen molar-refractivity contribution in [1.82, 2.24) is 15.0 Å². The van der Waals surface area contributed by atoms with Gasteiger partial charge in [-0.05, 0) is 48.5 Å². The van der Waals surface area contributed by atoms with E-state index in [1.807, 2.05) is 97.1 Å². The highest BCUT2D eigenvalue weighted by Crippen LogP contribution is 2.42. The molecule has 224 valence electrons. The molecule has 0 fully saturated rings. The Labute approximate surface area is 274 Å². The molecule has 0 saturated carbocycles. The second kappa shape index (κ2) is 10.5. The van der Waals surface area contributed by atoms with Crippen LogP contribution >= 0.6 is 0 Å². The zero-order valence-corrected chi connectivity index (χ0v) is 25.6. The second-order valence-electron chi connectivity index (χ2n) is 12.0. The Kier molecular flexibility index (Phi) is 5.81. The van der Waals surface area contributed by atoms with Gasteiger partial charge in [0.25, 0.3) is 0 Å². The van der Waals surface area contributed by atoms with E-state index in [1.165, 1.54) is 0 Å². The Bertz CT molecular complexity index is 2840. The van der Waals surface area contributed by atoms with Crippen LogP contribution in [-0.4, -0.2) is 15.0 Å². The largest absolute Gasteiger partial charge is 0.456 e. The smallest absolute Gasteiger partial charge is 0.160 e. The lowest BCUT2D eigenvalue weighted by Gasteiger charge is -2.10. The van der Waals surface area contributed by atoms with Crippen LogP contribution < -0.4 is 0 Å². The lowest BCUT2D eigenvalue weighted by atomic mass is 10.0. The van der Waals surface area contributed by atoms with Crippen molar-refractivity contribution < 1.29 is 8.83 Å². The molecular formula is C43H25N3O2. The normalized spacial score (nSPS) is 11.8. The van der Waals surface area contributed by atoms with Gasteiger partial charge in [0, 0.05) is 43.8 Å². The highest BCUT2D eigenvalue weighted by atomic mass is 16.3. The number of para-hydroxylation sites is 2. The Morgan fingerprint density at radius 2 is 1.08 bits per heavy atom. The van der Waals surface area contributed by atoms with Crippen molar-refractivity contribution in [1.29, 1.82) is 0 Å². The van der Waals surface area contributed by atoms with Crippen LogP contribution in [-0.2, 0) is 0 Å². The number of pyridine rings is 1. The third kappa shape index (κ3) is 4.15. The number of hydrogen-bond acceptors (Lipinski definition) is 5. The van der Waals surface area contributed by atoms with Crippen LogP contribution in [0.25, 0.3) is 99.9 Å². The molecule has 0 radical (unpaired) electrons. The molecule has 0 N–H and O–H groups in total. The molecule has 6 aromatic carbocycles. The summed E-state index contributed by atoms with van der Waals surface area (Å²) in [5.74, 6) is 0.627. The Hall–Kier alpha value is -6.59. The Morgan fingerprint density at radius 1 is 0.396 bits per heavy atom. The summed E-state index contributed by atoms with van der Waals surface area (Å²) >= 11 is 0. The quantitative estimate of drug-likeness (QED) is 0.197. The maximum Gasteiger partial charge on any atom is 0.160 e. The van der Waals surface area contributed by atoms with E-state index < -0.39 is 0 Å². The van der Waals surface area contributed by atoms with Crippen molar-refractivity contribution >= 4 is 54.8 Å². The molecule has 0 amide bonds. The van der Waals surface area contributed by atoms with Crippen molar-refractivity contribution in [2.24, 2.45) is 0 Å². The molecule has 0 aliphatic heterocycles. The molecule has 0 aliphatic carbocycles. The number of nitrogens with zero attached hydrogens (tertiary/aromatic N) is 3. The predicted molar refractivity (Wildman–Crippen MR) is 194 cm³/mol. The average Bonchev–Trinajstić information content (AvgIpc) is 3.74. The van der Waals surface area contributed by atoms with E-state index in [-0.39, 0.29) is 0 Å². The van der Waals surface area contributed by atoms with Crippen LogP contribution in [0.2, 0.25) is 0 Å². The van der Waals surface area contributed by atoms with Gasteiger partial charge in [0.2, 0.25) is 0 Å². The molecular weight excluding hydrogens is 590 g/mol. The summed E-state index contributed by atoms with van der Waals surface area (Å²) in [6, 6.07) is 51.3. The van der Waals surface area contributed by atoms with E-state index in [2.05, 4.69) is 54.6 Å². The fraction of sp³-hybridized carbons (Fsp3) is 0. The minimum absolute atomic E-state index is 0.627. The monoisotopic (exact) mass is 615 g/mol. The first-order valence-corrected chi connectivity index (χ1v) is 15.9. The maximum atomic E-state index is 6.59. The zero-order chi connectivity index (χ0) is 31.6. The Morgan fingerprint density at radius 3 is 1.94 bits per heavy atom. The van der Waals surface area contributed by atoms with Gasteiger partial charge >= 0.3 is 0 Å². The van der Waals surface area contributed by atoms with Crippen LogP contribution in [0.1, 0.15) is 0 Å². The summed E-state index contributed by atoms with van der Waals surface area (Å²) in [6.07, 6.45) is 0. The molecule has 0 spiro atoms. The van der Waals surface area contributed by atoms with Crippen LogP contribution in [0.4, 0.5) is 0 Å². The molecule has 10 rings (SSSR count). The van der Waals surface area contributed by atoms with E-state index in [0.29, 0.717) is 5.82 Å². The zero-order valence-electron chi connectivity index (χ0n) is 25.6. The molecule has 5 heteroatoms. The van der Waals surface area contributed by atoms with Gasteiger partial charge < -0.3 is 8.83 Å². The molecule has 0 unspecified atom stereocenters. The van der Waals surface area contributed by atoms with Gasteiger partial charge in [0.15, 0.2) is 5.82 Å². The number of benzene rings is 6. The number of fused-ring (bicyclic) bond motifs is 8.